The van der Waals surface area contributed by atoms with Gasteiger partial charge in [0.1, 0.15) is 0 Å². The van der Waals surface area contributed by atoms with E-state index in [2.05, 4.69) is 91.7 Å². The number of rotatable bonds is 4. The first-order chi connectivity index (χ1) is 24.7. The molecule has 0 amide bonds. The van der Waals surface area contributed by atoms with Gasteiger partial charge in [0, 0.05) is 85.9 Å². The highest BCUT2D eigenvalue weighted by atomic mass is 15.0. The number of nitrogens with zero attached hydrogens (tertiary/aromatic N) is 8. The fraction of sp³-hybridized carbons (Fsp3) is 0.0476. The van der Waals surface area contributed by atoms with Crippen molar-refractivity contribution in [3.8, 4) is 44.5 Å². The van der Waals surface area contributed by atoms with Crippen LogP contribution in [-0.4, -0.2) is 39.0 Å². The van der Waals surface area contributed by atoms with Crippen LogP contribution in [0.25, 0.3) is 90.9 Å². The molecule has 50 heavy (non-hydrogen) atoms. The third kappa shape index (κ3) is 4.85. The molecule has 8 nitrogen and oxygen atoms in total. The maximum absolute atomic E-state index is 5.39. The Morgan fingerprint density at radius 2 is 0.540 bits per heavy atom. The van der Waals surface area contributed by atoms with Gasteiger partial charge in [0.25, 0.3) is 0 Å². The topological polar surface area (TPSA) is 87.2 Å². The Morgan fingerprint density at radius 3 is 0.760 bits per heavy atom. The molecule has 0 saturated heterocycles. The van der Waals surface area contributed by atoms with Gasteiger partial charge in [0.2, 0.25) is 0 Å². The van der Waals surface area contributed by atoms with Gasteiger partial charge in [-0.05, 0) is 119 Å². The van der Waals surface area contributed by atoms with Crippen molar-refractivity contribution in [2.45, 2.75) is 0 Å². The molecular formula is C42H30N8. The van der Waals surface area contributed by atoms with Crippen molar-refractivity contribution in [2.75, 3.05) is 0 Å². The minimum absolute atomic E-state index is 0.871. The Balaban J connectivity index is 1.53. The van der Waals surface area contributed by atoms with Gasteiger partial charge in [-0.3, -0.25) is 19.9 Å². The number of aryl methyl sites for hydroxylation is 2. The zero-order valence-corrected chi connectivity index (χ0v) is 27.4. The number of aromatic nitrogens is 8. The van der Waals surface area contributed by atoms with Gasteiger partial charge in [-0.15, -0.1) is 0 Å². The third-order valence-electron chi connectivity index (χ3n) is 9.45. The van der Waals surface area contributed by atoms with Crippen molar-refractivity contribution in [1.82, 2.24) is 39.0 Å². The second-order valence-corrected chi connectivity index (χ2v) is 12.2. The molecule has 0 atom stereocenters. The molecule has 8 bridgehead atoms. The van der Waals surface area contributed by atoms with Crippen LogP contribution >= 0.6 is 0 Å². The molecule has 0 N–H and O–H groups in total. The lowest BCUT2D eigenvalue weighted by molar-refractivity contribution is 1.01. The smallest absolute Gasteiger partial charge is 0.0737 e. The van der Waals surface area contributed by atoms with Crippen LogP contribution in [0.4, 0.5) is 0 Å². The first kappa shape index (κ1) is 29.3. The van der Waals surface area contributed by atoms with Crippen LogP contribution < -0.4 is 0 Å². The zero-order valence-electron chi connectivity index (χ0n) is 27.4. The van der Waals surface area contributed by atoms with Crippen molar-refractivity contribution in [3.63, 3.8) is 0 Å². The second-order valence-electron chi connectivity index (χ2n) is 12.2. The lowest BCUT2D eigenvalue weighted by Gasteiger charge is -2.11. The van der Waals surface area contributed by atoms with Crippen LogP contribution in [0.3, 0.4) is 0 Å². The molecule has 2 aliphatic heterocycles. The maximum Gasteiger partial charge on any atom is 0.0737 e. The van der Waals surface area contributed by atoms with E-state index in [9.17, 15) is 0 Å². The van der Waals surface area contributed by atoms with Gasteiger partial charge in [-0.1, -0.05) is 0 Å². The van der Waals surface area contributed by atoms with Gasteiger partial charge in [-0.25, -0.2) is 9.97 Å². The second kappa shape index (κ2) is 12.0. The summed E-state index contributed by atoms with van der Waals surface area (Å²) < 4.78 is 4.48. The summed E-state index contributed by atoms with van der Waals surface area (Å²) in [7, 11) is 4.22. The first-order valence-electron chi connectivity index (χ1n) is 16.4. The van der Waals surface area contributed by atoms with Crippen molar-refractivity contribution < 1.29 is 0 Å². The van der Waals surface area contributed by atoms with Crippen molar-refractivity contribution in [2.24, 2.45) is 14.1 Å². The molecule has 0 aliphatic carbocycles. The molecule has 0 unspecified atom stereocenters. The fourth-order valence-corrected chi connectivity index (χ4v) is 7.09. The van der Waals surface area contributed by atoms with Crippen LogP contribution in [0, 0.1) is 0 Å². The van der Waals surface area contributed by atoms with Crippen molar-refractivity contribution in [3.05, 3.63) is 145 Å². The molecule has 238 valence electrons. The summed E-state index contributed by atoms with van der Waals surface area (Å²) in [6, 6.07) is 25.0. The highest BCUT2D eigenvalue weighted by Crippen LogP contribution is 2.39. The largest absolute Gasteiger partial charge is 0.343 e. The molecule has 9 rings (SSSR count). The molecule has 0 saturated carbocycles. The Morgan fingerprint density at radius 1 is 0.320 bits per heavy atom. The molecule has 7 aromatic heterocycles. The summed E-state index contributed by atoms with van der Waals surface area (Å²) >= 11 is 0. The summed E-state index contributed by atoms with van der Waals surface area (Å²) in [5.41, 5.74) is 15.8. The van der Waals surface area contributed by atoms with E-state index < -0.39 is 0 Å². The van der Waals surface area contributed by atoms with Crippen LogP contribution in [0.2, 0.25) is 0 Å². The number of pyridine rings is 4. The summed E-state index contributed by atoms with van der Waals surface area (Å²) in [5, 5.41) is 0. The van der Waals surface area contributed by atoms with Gasteiger partial charge in [0.15, 0.2) is 0 Å². The Hall–Kier alpha value is -6.80. The van der Waals surface area contributed by atoms with Crippen LogP contribution in [-0.2, 0) is 14.1 Å². The number of fused-ring (bicyclic) bond motifs is 8. The van der Waals surface area contributed by atoms with E-state index in [1.54, 1.807) is 0 Å². The molecule has 0 radical (unpaired) electrons. The highest BCUT2D eigenvalue weighted by Gasteiger charge is 2.20. The maximum atomic E-state index is 5.39. The van der Waals surface area contributed by atoms with Crippen LogP contribution in [0.15, 0.2) is 122 Å². The van der Waals surface area contributed by atoms with Gasteiger partial charge >= 0.3 is 0 Å². The van der Waals surface area contributed by atoms with E-state index in [1.807, 2.05) is 98.1 Å². The quantitative estimate of drug-likeness (QED) is 0.190. The van der Waals surface area contributed by atoms with E-state index in [0.717, 1.165) is 89.4 Å². The molecule has 8 heteroatoms. The molecule has 2 aliphatic rings. The fourth-order valence-electron chi connectivity index (χ4n) is 7.09. The van der Waals surface area contributed by atoms with Crippen molar-refractivity contribution in [1.29, 1.82) is 0 Å². The predicted molar refractivity (Wildman–Crippen MR) is 201 cm³/mol. The van der Waals surface area contributed by atoms with E-state index in [-0.39, 0.29) is 0 Å². The van der Waals surface area contributed by atoms with E-state index in [0.29, 0.717) is 0 Å². The van der Waals surface area contributed by atoms with Gasteiger partial charge in [-0.2, -0.15) is 0 Å². The lowest BCUT2D eigenvalue weighted by Crippen LogP contribution is -1.96. The monoisotopic (exact) mass is 646 g/mol. The normalized spacial score (nSPS) is 12.0. The van der Waals surface area contributed by atoms with E-state index in [4.69, 9.17) is 9.97 Å². The lowest BCUT2D eigenvalue weighted by atomic mass is 10.0. The van der Waals surface area contributed by atoms with E-state index >= 15 is 0 Å². The molecule has 7 aromatic rings. The van der Waals surface area contributed by atoms with Gasteiger partial charge < -0.3 is 9.13 Å². The summed E-state index contributed by atoms with van der Waals surface area (Å²) in [6.45, 7) is 0. The Kier molecular flexibility index (Phi) is 7.05. The van der Waals surface area contributed by atoms with Crippen LogP contribution in [0.5, 0.6) is 0 Å². The average molecular weight is 647 g/mol. The standard InChI is InChI=1S/C42H30N8/c1-49-35-7-8-36(49)40(28-13-21-44-22-14-28)32-4-6-34(48-32)42(30-17-25-46-26-18-30)38-10-9-37(50(38)2)41(29-15-23-45-24-16-29)33-5-3-31(47-33)39(35)27-11-19-43-20-12-27/h3-26H,1-2H3. The summed E-state index contributed by atoms with van der Waals surface area (Å²) in [4.78, 5) is 28.1. The van der Waals surface area contributed by atoms with Gasteiger partial charge in [0.05, 0.1) is 44.8 Å². The molecule has 0 spiro atoms. The molecule has 0 fully saturated rings. The zero-order chi connectivity index (χ0) is 33.6. The minimum Gasteiger partial charge on any atom is -0.343 e. The summed E-state index contributed by atoms with van der Waals surface area (Å²) in [5.74, 6) is 0. The third-order valence-corrected chi connectivity index (χ3v) is 9.45. The Labute approximate surface area is 288 Å². The Bertz CT molecular complexity index is 2280. The number of hydrogen-bond donors (Lipinski definition) is 0. The van der Waals surface area contributed by atoms with Crippen LogP contribution in [0.1, 0.15) is 22.8 Å². The number of hydrogen-bond acceptors (Lipinski definition) is 6. The SMILES string of the molecule is Cn1c2ccc1c(-c1ccncc1)c1nc(c(-c3ccncc3)c3ccc(c(-c4ccncc4)c4nc(c2-c2ccncc2)C=C4)n3C)C=C1. The molecule has 0 aromatic carbocycles. The van der Waals surface area contributed by atoms with Crippen molar-refractivity contribution >= 4 is 46.4 Å². The first-order valence-corrected chi connectivity index (χ1v) is 16.4. The highest BCUT2D eigenvalue weighted by molar-refractivity contribution is 6.00. The average Bonchev–Trinajstić information content (AvgIpc) is 3.98. The van der Waals surface area contributed by atoms with E-state index in [1.165, 1.54) is 0 Å². The molecular weight excluding hydrogens is 617 g/mol. The summed E-state index contributed by atoms with van der Waals surface area (Å²) in [6.07, 6.45) is 23.1. The predicted octanol–water partition coefficient (Wildman–Crippen LogP) is 8.92. The molecule has 9 heterocycles. The minimum atomic E-state index is 0.871.